The van der Waals surface area contributed by atoms with E-state index in [0.717, 1.165) is 23.5 Å². The zero-order valence-corrected chi connectivity index (χ0v) is 33.3. The number of anilines is 3. The molecule has 9 aromatic rings. The Hall–Kier alpha value is -7.48. The van der Waals surface area contributed by atoms with E-state index in [2.05, 4.69) is 248 Å². The van der Waals surface area contributed by atoms with Crippen molar-refractivity contribution in [3.8, 4) is 22.3 Å². The fraction of sp³-hybridized carbons (Fsp3) is 0.0508. The number of allylic oxidation sites excluding steroid dienone is 4. The van der Waals surface area contributed by atoms with Gasteiger partial charge in [0.05, 0.1) is 5.41 Å². The van der Waals surface area contributed by atoms with Crippen LogP contribution in [0.15, 0.2) is 243 Å². The summed E-state index contributed by atoms with van der Waals surface area (Å²) in [6, 6.07) is 82.5. The monoisotopic (exact) mass is 765 g/mol. The Labute approximate surface area is 352 Å². The van der Waals surface area contributed by atoms with Crippen LogP contribution in [0.5, 0.6) is 0 Å². The smallest absolute Gasteiger partial charge is 0.0714 e. The first kappa shape index (κ1) is 35.7. The molecule has 1 atom stereocenters. The Morgan fingerprint density at radius 1 is 0.417 bits per heavy atom. The van der Waals surface area contributed by atoms with Crippen molar-refractivity contribution in [1.29, 1.82) is 0 Å². The minimum Gasteiger partial charge on any atom is -0.310 e. The van der Waals surface area contributed by atoms with E-state index in [1.54, 1.807) is 0 Å². The summed E-state index contributed by atoms with van der Waals surface area (Å²) in [5, 5.41) is 2.62. The van der Waals surface area contributed by atoms with Crippen LogP contribution in [0.25, 0.3) is 38.6 Å². The van der Waals surface area contributed by atoms with Crippen molar-refractivity contribution in [2.75, 3.05) is 4.90 Å². The molecule has 0 aliphatic heterocycles. The van der Waals surface area contributed by atoms with Crippen LogP contribution in [-0.2, 0) is 5.41 Å². The molecule has 0 aromatic heterocycles. The number of hydrogen-bond acceptors (Lipinski definition) is 1. The number of para-hydroxylation sites is 1. The van der Waals surface area contributed by atoms with E-state index in [0.29, 0.717) is 5.92 Å². The Morgan fingerprint density at radius 2 is 0.950 bits per heavy atom. The van der Waals surface area contributed by atoms with E-state index in [9.17, 15) is 0 Å². The van der Waals surface area contributed by atoms with Gasteiger partial charge in [-0.05, 0) is 121 Å². The summed E-state index contributed by atoms with van der Waals surface area (Å²) in [5.74, 6) is 0.294. The molecule has 0 fully saturated rings. The zero-order chi connectivity index (χ0) is 39.9. The predicted molar refractivity (Wildman–Crippen MR) is 252 cm³/mol. The minimum atomic E-state index is -0.563. The highest BCUT2D eigenvalue weighted by Gasteiger charge is 2.46. The van der Waals surface area contributed by atoms with Gasteiger partial charge in [-0.15, -0.1) is 0 Å². The first-order chi connectivity index (χ1) is 29.8. The number of benzene rings is 9. The van der Waals surface area contributed by atoms with Crippen LogP contribution >= 0.6 is 0 Å². The summed E-state index contributed by atoms with van der Waals surface area (Å²) in [4.78, 5) is 2.40. The van der Waals surface area contributed by atoms with Crippen LogP contribution < -0.4 is 4.90 Å². The van der Waals surface area contributed by atoms with Gasteiger partial charge in [0, 0.05) is 23.0 Å². The van der Waals surface area contributed by atoms with Crippen LogP contribution in [0.1, 0.15) is 45.7 Å². The van der Waals surface area contributed by atoms with Gasteiger partial charge < -0.3 is 4.90 Å². The second-order valence-corrected chi connectivity index (χ2v) is 16.0. The standard InChI is InChI=1S/C59H43N/c1-5-17-42(18-6-1)43-31-34-51(35-32-43)60(50-27-11-4-12-28-50)52-36-38-56-55-37-33-46(45-21-15-22-47(39-45)54-30-16-20-44-19-13-14-29-53(44)54)40-57(55)59(58(56)41-52,48-23-7-2-8-24-48)49-25-9-3-10-26-49/h1-21,23-41,47H,22H2. The molecule has 0 spiro atoms. The van der Waals surface area contributed by atoms with Crippen molar-refractivity contribution >= 4 is 33.4 Å². The maximum absolute atomic E-state index is 2.50. The quantitative estimate of drug-likeness (QED) is 0.149. The molecule has 0 N–H and O–H groups in total. The highest BCUT2D eigenvalue weighted by molar-refractivity contribution is 5.92. The molecule has 1 nitrogen and oxygen atoms in total. The van der Waals surface area contributed by atoms with Crippen molar-refractivity contribution in [2.45, 2.75) is 17.8 Å². The summed E-state index contributed by atoms with van der Waals surface area (Å²) in [5.41, 5.74) is 16.7. The Morgan fingerprint density at radius 3 is 1.67 bits per heavy atom. The molecule has 0 saturated heterocycles. The minimum absolute atomic E-state index is 0.294. The van der Waals surface area contributed by atoms with Gasteiger partial charge in [0.2, 0.25) is 0 Å². The maximum atomic E-state index is 2.50. The molecule has 11 rings (SSSR count). The van der Waals surface area contributed by atoms with Crippen LogP contribution in [0.4, 0.5) is 17.1 Å². The second-order valence-electron chi connectivity index (χ2n) is 16.0. The van der Waals surface area contributed by atoms with Gasteiger partial charge in [-0.25, -0.2) is 0 Å². The molecule has 0 heterocycles. The molecule has 9 aromatic carbocycles. The third-order valence-corrected chi connectivity index (χ3v) is 12.7. The highest BCUT2D eigenvalue weighted by atomic mass is 15.1. The highest BCUT2D eigenvalue weighted by Crippen LogP contribution is 2.58. The summed E-state index contributed by atoms with van der Waals surface area (Å²) in [6.07, 6.45) is 8.18. The molecule has 2 aliphatic carbocycles. The van der Waals surface area contributed by atoms with Gasteiger partial charge in [-0.2, -0.15) is 0 Å². The van der Waals surface area contributed by atoms with Gasteiger partial charge in [0.15, 0.2) is 0 Å². The largest absolute Gasteiger partial charge is 0.310 e. The van der Waals surface area contributed by atoms with Crippen molar-refractivity contribution in [3.05, 3.63) is 276 Å². The lowest BCUT2D eigenvalue weighted by Crippen LogP contribution is -2.29. The molecule has 2 aliphatic rings. The molecule has 60 heavy (non-hydrogen) atoms. The zero-order valence-electron chi connectivity index (χ0n) is 33.3. The van der Waals surface area contributed by atoms with Gasteiger partial charge in [0.25, 0.3) is 0 Å². The average Bonchev–Trinajstić information content (AvgIpc) is 3.62. The number of hydrogen-bond donors (Lipinski definition) is 0. The van der Waals surface area contributed by atoms with Crippen LogP contribution in [0, 0.1) is 0 Å². The Balaban J connectivity index is 1.10. The summed E-state index contributed by atoms with van der Waals surface area (Å²) in [6.45, 7) is 0. The van der Waals surface area contributed by atoms with E-state index in [-0.39, 0.29) is 0 Å². The molecule has 0 radical (unpaired) electrons. The van der Waals surface area contributed by atoms with Crippen molar-refractivity contribution in [1.82, 2.24) is 0 Å². The lowest BCUT2D eigenvalue weighted by atomic mass is 9.67. The predicted octanol–water partition coefficient (Wildman–Crippen LogP) is 15.5. The maximum Gasteiger partial charge on any atom is 0.0714 e. The van der Waals surface area contributed by atoms with Crippen molar-refractivity contribution in [3.63, 3.8) is 0 Å². The fourth-order valence-electron chi connectivity index (χ4n) is 9.92. The van der Waals surface area contributed by atoms with Crippen LogP contribution in [0.2, 0.25) is 0 Å². The number of nitrogens with zero attached hydrogens (tertiary/aromatic N) is 1. The van der Waals surface area contributed by atoms with E-state index in [1.165, 1.54) is 72.0 Å². The van der Waals surface area contributed by atoms with Gasteiger partial charge in [-0.1, -0.05) is 200 Å². The molecule has 0 bridgehead atoms. The average molecular weight is 766 g/mol. The molecule has 0 saturated carbocycles. The molecular formula is C59H43N. The lowest BCUT2D eigenvalue weighted by Gasteiger charge is -2.35. The van der Waals surface area contributed by atoms with Crippen molar-refractivity contribution < 1.29 is 0 Å². The molecule has 284 valence electrons. The van der Waals surface area contributed by atoms with E-state index >= 15 is 0 Å². The van der Waals surface area contributed by atoms with Crippen molar-refractivity contribution in [2.24, 2.45) is 0 Å². The van der Waals surface area contributed by atoms with Gasteiger partial charge in [0.1, 0.15) is 0 Å². The molecule has 1 unspecified atom stereocenters. The number of fused-ring (bicyclic) bond motifs is 4. The second kappa shape index (κ2) is 15.0. The van der Waals surface area contributed by atoms with Crippen LogP contribution in [-0.4, -0.2) is 0 Å². The van der Waals surface area contributed by atoms with Gasteiger partial charge >= 0.3 is 0 Å². The first-order valence-corrected chi connectivity index (χ1v) is 21.0. The fourth-order valence-corrected chi connectivity index (χ4v) is 9.92. The first-order valence-electron chi connectivity index (χ1n) is 21.0. The lowest BCUT2D eigenvalue weighted by molar-refractivity contribution is 0.768. The third-order valence-electron chi connectivity index (χ3n) is 12.7. The van der Waals surface area contributed by atoms with E-state index in [1.807, 2.05) is 0 Å². The van der Waals surface area contributed by atoms with Crippen LogP contribution in [0.3, 0.4) is 0 Å². The normalized spacial score (nSPS) is 14.9. The molecular weight excluding hydrogens is 723 g/mol. The molecule has 1 heteroatoms. The number of rotatable bonds is 8. The summed E-state index contributed by atoms with van der Waals surface area (Å²) < 4.78 is 0. The van der Waals surface area contributed by atoms with E-state index < -0.39 is 5.41 Å². The SMILES string of the molecule is C1=CC(c2ccc3c(c2)C(c2ccccc2)(c2ccccc2)c2cc(N(c4ccccc4)c4ccc(-c5ccccc5)cc4)ccc2-3)=CC(c2cccc3ccccc23)C1. The topological polar surface area (TPSA) is 3.24 Å². The Bertz CT molecular complexity index is 2990. The van der Waals surface area contributed by atoms with E-state index in [4.69, 9.17) is 0 Å². The third kappa shape index (κ3) is 6.01. The summed E-state index contributed by atoms with van der Waals surface area (Å²) >= 11 is 0. The molecule has 0 amide bonds. The Kier molecular flexibility index (Phi) is 8.94. The van der Waals surface area contributed by atoms with Gasteiger partial charge in [-0.3, -0.25) is 0 Å². The summed E-state index contributed by atoms with van der Waals surface area (Å²) in [7, 11) is 0.